The van der Waals surface area contributed by atoms with Gasteiger partial charge in [-0.15, -0.1) is 0 Å². The van der Waals surface area contributed by atoms with Gasteiger partial charge < -0.3 is 13.8 Å². The van der Waals surface area contributed by atoms with Crippen LogP contribution in [-0.4, -0.2) is 23.5 Å². The number of hydrogen-bond acceptors (Lipinski definition) is 6. The first-order chi connectivity index (χ1) is 16.4. The van der Waals surface area contributed by atoms with Crippen molar-refractivity contribution in [1.82, 2.24) is 5.16 Å². The van der Waals surface area contributed by atoms with E-state index in [1.165, 1.54) is 17.0 Å². The first kappa shape index (κ1) is 20.7. The van der Waals surface area contributed by atoms with Gasteiger partial charge in [0.1, 0.15) is 11.3 Å². The van der Waals surface area contributed by atoms with Gasteiger partial charge in [0, 0.05) is 23.2 Å². The van der Waals surface area contributed by atoms with E-state index in [2.05, 4.69) is 5.16 Å². The van der Waals surface area contributed by atoms with Crippen LogP contribution in [0.1, 0.15) is 40.8 Å². The fourth-order valence-corrected chi connectivity index (χ4v) is 5.26. The molecule has 2 amide bonds. The molecule has 4 aromatic rings. The molecule has 2 aliphatic heterocycles. The van der Waals surface area contributed by atoms with Crippen LogP contribution in [0, 0.1) is 6.92 Å². The molecule has 8 nitrogen and oxygen atoms in total. The van der Waals surface area contributed by atoms with Gasteiger partial charge in [-0.2, -0.15) is 0 Å². The monoisotopic (exact) mass is 475 g/mol. The van der Waals surface area contributed by atoms with E-state index >= 15 is 0 Å². The lowest BCUT2D eigenvalue weighted by Crippen LogP contribution is -2.54. The Hall–Kier alpha value is -3.91. The van der Waals surface area contributed by atoms with E-state index in [1.54, 1.807) is 36.1 Å². The molecule has 6 rings (SSSR count). The maximum absolute atomic E-state index is 14.3. The summed E-state index contributed by atoms with van der Waals surface area (Å²) < 4.78 is 11.2. The van der Waals surface area contributed by atoms with Crippen molar-refractivity contribution in [2.24, 2.45) is 0 Å². The Balaban J connectivity index is 1.78. The van der Waals surface area contributed by atoms with Crippen LogP contribution in [0.5, 0.6) is 0 Å². The Morgan fingerprint density at radius 1 is 1.09 bits per heavy atom. The summed E-state index contributed by atoms with van der Waals surface area (Å²) in [5.74, 6) is -0.677. The minimum atomic E-state index is -1.78. The molecule has 0 aliphatic carbocycles. The van der Waals surface area contributed by atoms with Crippen LogP contribution in [0.15, 0.2) is 62.3 Å². The molecule has 2 aromatic carbocycles. The number of anilines is 2. The molecule has 1 atom stereocenters. The smallest absolute Gasteiger partial charge is 0.297 e. The number of amides is 2. The van der Waals surface area contributed by atoms with Gasteiger partial charge in [-0.05, 0) is 37.6 Å². The number of nitrogens with zero attached hydrogens (tertiary/aromatic N) is 3. The van der Waals surface area contributed by atoms with E-state index in [9.17, 15) is 14.4 Å². The summed E-state index contributed by atoms with van der Waals surface area (Å²) in [6, 6.07) is 13.3. The lowest BCUT2D eigenvalue weighted by atomic mass is 9.84. The van der Waals surface area contributed by atoms with Gasteiger partial charge in [0.2, 0.25) is 5.76 Å². The van der Waals surface area contributed by atoms with Crippen LogP contribution in [0.4, 0.5) is 11.5 Å². The third-order valence-electron chi connectivity index (χ3n) is 6.38. The topological polar surface area (TPSA) is 96.9 Å². The van der Waals surface area contributed by atoms with Crippen molar-refractivity contribution in [1.29, 1.82) is 0 Å². The largest absolute Gasteiger partial charge is 0.450 e. The third-order valence-corrected chi connectivity index (χ3v) is 6.61. The molecule has 4 heterocycles. The van der Waals surface area contributed by atoms with E-state index in [4.69, 9.17) is 20.5 Å². The summed E-state index contributed by atoms with van der Waals surface area (Å²) in [5.41, 5.74) is -0.960. The molecule has 9 heteroatoms. The number of hydrogen-bond donors (Lipinski definition) is 0. The van der Waals surface area contributed by atoms with Crippen molar-refractivity contribution >= 4 is 45.9 Å². The molecule has 2 aliphatic rings. The van der Waals surface area contributed by atoms with Gasteiger partial charge in [0.15, 0.2) is 16.8 Å². The Morgan fingerprint density at radius 3 is 2.62 bits per heavy atom. The van der Waals surface area contributed by atoms with Gasteiger partial charge in [-0.1, -0.05) is 41.9 Å². The van der Waals surface area contributed by atoms with Gasteiger partial charge in [-0.25, -0.2) is 0 Å². The molecule has 0 radical (unpaired) electrons. The summed E-state index contributed by atoms with van der Waals surface area (Å²) >= 11 is 6.17. The quantitative estimate of drug-likeness (QED) is 0.435. The maximum Gasteiger partial charge on any atom is 0.297 e. The number of aromatic nitrogens is 1. The number of para-hydroxylation sites is 1. The molecular weight excluding hydrogens is 458 g/mol. The van der Waals surface area contributed by atoms with Crippen LogP contribution >= 0.6 is 11.6 Å². The maximum atomic E-state index is 14.3. The average molecular weight is 476 g/mol. The lowest BCUT2D eigenvalue weighted by Gasteiger charge is -2.32. The van der Waals surface area contributed by atoms with Crippen LogP contribution in [0.2, 0.25) is 5.02 Å². The SMILES string of the molecule is CCCN1C(=O)C2(c3ccccc31)c1c(oc3ccc(Cl)cc3c1=O)C(=O)N2c1cc(C)on1. The number of aryl methyl sites for hydroxylation is 1. The Labute approximate surface area is 198 Å². The summed E-state index contributed by atoms with van der Waals surface area (Å²) in [7, 11) is 0. The van der Waals surface area contributed by atoms with Gasteiger partial charge in [0.25, 0.3) is 11.8 Å². The highest BCUT2D eigenvalue weighted by atomic mass is 35.5. The van der Waals surface area contributed by atoms with E-state index in [0.717, 1.165) is 0 Å². The van der Waals surface area contributed by atoms with Crippen molar-refractivity contribution in [3.63, 3.8) is 0 Å². The average Bonchev–Trinajstić information content (AvgIpc) is 3.43. The van der Waals surface area contributed by atoms with Crippen molar-refractivity contribution in [2.45, 2.75) is 25.8 Å². The molecule has 0 fully saturated rings. The standard InChI is InChI=1S/C25H18ClN3O5/c1-3-10-28-17-7-5-4-6-16(17)25(24(28)32)20-21(30)15-12-14(26)8-9-18(15)33-22(20)23(31)29(25)19-11-13(2)34-27-19/h4-9,11-12H,3,10H2,1-2H3. The second-order valence-electron chi connectivity index (χ2n) is 8.40. The number of fused-ring (bicyclic) bond motifs is 5. The zero-order valence-electron chi connectivity index (χ0n) is 18.3. The van der Waals surface area contributed by atoms with E-state index < -0.39 is 22.8 Å². The Bertz CT molecular complexity index is 1590. The highest BCUT2D eigenvalue weighted by molar-refractivity contribution is 6.31. The Morgan fingerprint density at radius 2 is 1.88 bits per heavy atom. The highest BCUT2D eigenvalue weighted by Crippen LogP contribution is 2.53. The second kappa shape index (κ2) is 7.04. The number of carbonyl (C=O) groups excluding carboxylic acids is 2. The molecule has 0 N–H and O–H groups in total. The van der Waals surface area contributed by atoms with Gasteiger partial charge >= 0.3 is 0 Å². The molecule has 34 heavy (non-hydrogen) atoms. The molecule has 0 saturated carbocycles. The van der Waals surface area contributed by atoms with Crippen LogP contribution in [0.3, 0.4) is 0 Å². The molecule has 2 aromatic heterocycles. The number of benzene rings is 2. The molecular formula is C25H18ClN3O5. The van der Waals surface area contributed by atoms with Gasteiger partial charge in [-0.3, -0.25) is 19.3 Å². The number of rotatable bonds is 3. The van der Waals surface area contributed by atoms with Crippen LogP contribution in [-0.2, 0) is 10.3 Å². The molecule has 1 spiro atoms. The summed E-state index contributed by atoms with van der Waals surface area (Å²) in [4.78, 5) is 45.0. The molecule has 0 saturated heterocycles. The van der Waals surface area contributed by atoms with Gasteiger partial charge in [0.05, 0.1) is 16.6 Å². The summed E-state index contributed by atoms with van der Waals surface area (Å²) in [5, 5.41) is 4.57. The first-order valence-electron chi connectivity index (χ1n) is 10.9. The molecule has 170 valence electrons. The van der Waals surface area contributed by atoms with Crippen LogP contribution < -0.4 is 15.2 Å². The predicted molar refractivity (Wildman–Crippen MR) is 125 cm³/mol. The number of carbonyl (C=O) groups is 2. The van der Waals surface area contributed by atoms with E-state index in [0.29, 0.717) is 35.0 Å². The normalized spacial score (nSPS) is 18.9. The Kier molecular flexibility index (Phi) is 4.28. The third kappa shape index (κ3) is 2.43. The summed E-state index contributed by atoms with van der Waals surface area (Å²) in [6.45, 7) is 4.05. The predicted octanol–water partition coefficient (Wildman–Crippen LogP) is 4.40. The summed E-state index contributed by atoms with van der Waals surface area (Å²) in [6.07, 6.45) is 0.683. The fourth-order valence-electron chi connectivity index (χ4n) is 5.08. The van der Waals surface area contributed by atoms with Crippen molar-refractivity contribution in [3.05, 3.63) is 86.4 Å². The molecule has 1 unspecified atom stereocenters. The molecule has 0 bridgehead atoms. The minimum Gasteiger partial charge on any atom is -0.450 e. The highest BCUT2D eigenvalue weighted by Gasteiger charge is 2.66. The second-order valence-corrected chi connectivity index (χ2v) is 8.83. The lowest BCUT2D eigenvalue weighted by molar-refractivity contribution is -0.121. The van der Waals surface area contributed by atoms with Crippen molar-refractivity contribution in [2.75, 3.05) is 16.3 Å². The van der Waals surface area contributed by atoms with Crippen molar-refractivity contribution < 1.29 is 18.5 Å². The van der Waals surface area contributed by atoms with E-state index in [1.807, 2.05) is 19.1 Å². The zero-order chi connectivity index (χ0) is 23.8. The first-order valence-corrected chi connectivity index (χ1v) is 11.2. The van der Waals surface area contributed by atoms with Crippen molar-refractivity contribution in [3.8, 4) is 0 Å². The minimum absolute atomic E-state index is 0.0380. The van der Waals surface area contributed by atoms with Crippen LogP contribution in [0.25, 0.3) is 11.0 Å². The fraction of sp³-hybridized carbons (Fsp3) is 0.200. The number of halogens is 1. The zero-order valence-corrected chi connectivity index (χ0v) is 19.0. The van der Waals surface area contributed by atoms with E-state index in [-0.39, 0.29) is 28.1 Å².